The zero-order valence-electron chi connectivity index (χ0n) is 35.8. The monoisotopic (exact) mass is 866 g/mol. The number of hydrogen-bond acceptors (Lipinski definition) is 3. The number of thiophene rings is 1. The molecule has 0 fully saturated rings. The summed E-state index contributed by atoms with van der Waals surface area (Å²) in [6, 6.07) is 75.8. The lowest BCUT2D eigenvalue weighted by Crippen LogP contribution is -2.03. The van der Waals surface area contributed by atoms with Crippen LogP contribution in [0.25, 0.3) is 151 Å². The van der Waals surface area contributed by atoms with Crippen molar-refractivity contribution in [3.63, 3.8) is 0 Å². The van der Waals surface area contributed by atoms with Crippen LogP contribution < -0.4 is 0 Å². The van der Waals surface area contributed by atoms with Crippen molar-refractivity contribution in [2.75, 3.05) is 0 Å². The normalized spacial score (nSPS) is 12.5. The first-order valence-corrected chi connectivity index (χ1v) is 23.7. The Hall–Kier alpha value is -8.64. The van der Waals surface area contributed by atoms with Crippen molar-refractivity contribution in [3.05, 3.63) is 206 Å². The van der Waals surface area contributed by atoms with Gasteiger partial charge in [-0.15, -0.1) is 11.3 Å². The second-order valence-electron chi connectivity index (χ2n) is 18.0. The second-order valence-corrected chi connectivity index (χ2v) is 19.1. The molecule has 0 unspecified atom stereocenters. The van der Waals surface area contributed by atoms with Crippen LogP contribution in [0.1, 0.15) is 0 Å². The van der Waals surface area contributed by atoms with Crippen LogP contribution >= 0.6 is 11.3 Å². The summed E-state index contributed by atoms with van der Waals surface area (Å²) in [6.45, 7) is 0. The molecule has 12 aromatic carbocycles. The van der Waals surface area contributed by atoms with Crippen LogP contribution in [0.5, 0.6) is 0 Å². The molecule has 308 valence electrons. The minimum absolute atomic E-state index is 0.661. The summed E-state index contributed by atoms with van der Waals surface area (Å²) < 4.78 is 7.32. The quantitative estimate of drug-likeness (QED) is 0.131. The Balaban J connectivity index is 1.06. The lowest BCUT2D eigenvalue weighted by atomic mass is 9.87. The van der Waals surface area contributed by atoms with Crippen molar-refractivity contribution >= 4 is 140 Å². The molecular formula is C62H34N4S. The van der Waals surface area contributed by atoms with Crippen molar-refractivity contribution in [2.24, 2.45) is 0 Å². The Labute approximate surface area is 386 Å². The minimum atomic E-state index is 0.661. The van der Waals surface area contributed by atoms with Gasteiger partial charge < -0.3 is 4.57 Å². The molecule has 0 N–H and O–H groups in total. The fourth-order valence-corrected chi connectivity index (χ4v) is 13.1. The zero-order chi connectivity index (χ0) is 43.5. The summed E-state index contributed by atoms with van der Waals surface area (Å²) in [5.74, 6) is 0.661. The molecule has 0 spiro atoms. The third-order valence-electron chi connectivity index (χ3n) is 14.6. The Morgan fingerprint density at radius 3 is 1.63 bits per heavy atom. The van der Waals surface area contributed by atoms with Gasteiger partial charge in [0, 0.05) is 58.4 Å². The van der Waals surface area contributed by atoms with Crippen LogP contribution in [0, 0.1) is 0 Å². The predicted octanol–water partition coefficient (Wildman–Crippen LogP) is 17.1. The molecule has 0 saturated heterocycles. The highest BCUT2D eigenvalue weighted by molar-refractivity contribution is 7.26. The standard InChI is InChI=1S/C62H34N4S/c1-2-15-36-32-37(31-30-35(36)14-1)65-51-27-8-4-18-43(51)58-45-23-11-20-39-40-21-12-24-46-57(40)49(48(56(39)45)33-53(58)65)34-54-59(46)44-19-5-9-28-52(44)66(54)62-63-50-26-7-3-17-42(50)60(64-62)47-25-13-22-41-38-16-6-10-29-55(38)67-61(41)47/h1-34H. The number of fused-ring (bicyclic) bond motifs is 15. The smallest absolute Gasteiger partial charge is 0.235 e. The van der Waals surface area contributed by atoms with E-state index in [1.807, 2.05) is 11.3 Å². The van der Waals surface area contributed by atoms with E-state index in [9.17, 15) is 0 Å². The van der Waals surface area contributed by atoms with Gasteiger partial charge in [0.1, 0.15) is 0 Å². The van der Waals surface area contributed by atoms with Gasteiger partial charge in [0.2, 0.25) is 5.95 Å². The third-order valence-corrected chi connectivity index (χ3v) is 15.8. The Morgan fingerprint density at radius 2 is 0.881 bits per heavy atom. The van der Waals surface area contributed by atoms with Gasteiger partial charge in [0.25, 0.3) is 0 Å². The van der Waals surface area contributed by atoms with Crippen molar-refractivity contribution in [2.45, 2.75) is 0 Å². The topological polar surface area (TPSA) is 35.6 Å². The van der Waals surface area contributed by atoms with E-state index in [0.717, 1.165) is 38.9 Å². The van der Waals surface area contributed by atoms with Crippen LogP contribution in [0.4, 0.5) is 0 Å². The maximum atomic E-state index is 5.66. The van der Waals surface area contributed by atoms with Gasteiger partial charge in [-0.2, -0.15) is 0 Å². The summed E-state index contributed by atoms with van der Waals surface area (Å²) in [5.41, 5.74) is 8.70. The first-order chi connectivity index (χ1) is 33.2. The first-order valence-electron chi connectivity index (χ1n) is 22.9. The van der Waals surface area contributed by atoms with Gasteiger partial charge in [0.15, 0.2) is 0 Å². The van der Waals surface area contributed by atoms with Crippen molar-refractivity contribution < 1.29 is 0 Å². The zero-order valence-corrected chi connectivity index (χ0v) is 36.6. The van der Waals surface area contributed by atoms with Crippen LogP contribution in [-0.4, -0.2) is 19.1 Å². The number of aromatic nitrogens is 4. The van der Waals surface area contributed by atoms with Gasteiger partial charge in [-0.1, -0.05) is 158 Å². The number of benzene rings is 12. The lowest BCUT2D eigenvalue weighted by molar-refractivity contribution is 1.01. The molecule has 0 amide bonds. The Morgan fingerprint density at radius 1 is 0.328 bits per heavy atom. The maximum absolute atomic E-state index is 5.66. The number of hydrogen-bond donors (Lipinski definition) is 0. The molecular weight excluding hydrogens is 833 g/mol. The van der Waals surface area contributed by atoms with E-state index < -0.39 is 0 Å². The van der Waals surface area contributed by atoms with Gasteiger partial charge in [-0.25, -0.2) is 9.97 Å². The number of para-hydroxylation sites is 3. The average Bonchev–Trinajstić information content (AvgIpc) is 4.05. The van der Waals surface area contributed by atoms with Gasteiger partial charge >= 0.3 is 0 Å². The van der Waals surface area contributed by atoms with Crippen LogP contribution in [-0.2, 0) is 0 Å². The van der Waals surface area contributed by atoms with Gasteiger partial charge in [-0.3, -0.25) is 4.57 Å². The largest absolute Gasteiger partial charge is 0.309 e. The van der Waals surface area contributed by atoms with Crippen LogP contribution in [0.3, 0.4) is 0 Å². The van der Waals surface area contributed by atoms with Crippen LogP contribution in [0.2, 0.25) is 0 Å². The molecule has 0 aliphatic heterocycles. The Bertz CT molecular complexity index is 4820. The molecule has 67 heavy (non-hydrogen) atoms. The number of rotatable bonds is 3. The van der Waals surface area contributed by atoms with Gasteiger partial charge in [0.05, 0.1) is 33.3 Å². The van der Waals surface area contributed by atoms with Crippen molar-refractivity contribution in [3.8, 4) is 22.9 Å². The molecule has 4 aromatic heterocycles. The SMILES string of the molecule is c1ccc2cc(-n3c4ccccc4c4c5cccc6c7cccc8c7c(cc7c8c8ccccc8n7-c7nc(-c8cccc9c8sc8ccccc89)c8ccccc8n7)c(cc43)c65)ccc2c1. The Kier molecular flexibility index (Phi) is 6.93. The molecule has 4 nitrogen and oxygen atoms in total. The van der Waals surface area contributed by atoms with E-state index in [1.165, 1.54) is 107 Å². The molecule has 0 saturated carbocycles. The van der Waals surface area contributed by atoms with Crippen LogP contribution in [0.15, 0.2) is 206 Å². The summed E-state index contributed by atoms with van der Waals surface area (Å²) in [5, 5.41) is 21.0. The molecule has 16 aromatic rings. The second kappa shape index (κ2) is 13.0. The number of nitrogens with zero attached hydrogens (tertiary/aromatic N) is 4. The summed E-state index contributed by atoms with van der Waals surface area (Å²) in [4.78, 5) is 11.1. The van der Waals surface area contributed by atoms with E-state index in [-0.39, 0.29) is 0 Å². The van der Waals surface area contributed by atoms with Crippen molar-refractivity contribution in [1.82, 2.24) is 19.1 Å². The van der Waals surface area contributed by atoms with Crippen molar-refractivity contribution in [1.29, 1.82) is 0 Å². The highest BCUT2D eigenvalue weighted by Gasteiger charge is 2.25. The minimum Gasteiger partial charge on any atom is -0.309 e. The van der Waals surface area contributed by atoms with E-state index in [2.05, 4.69) is 215 Å². The molecule has 0 bridgehead atoms. The molecule has 16 rings (SSSR count). The molecule has 5 heteroatoms. The molecule has 0 aliphatic carbocycles. The molecule has 0 atom stereocenters. The molecule has 4 heterocycles. The first kappa shape index (κ1) is 35.7. The van der Waals surface area contributed by atoms with E-state index >= 15 is 0 Å². The highest BCUT2D eigenvalue weighted by atomic mass is 32.1. The predicted molar refractivity (Wildman–Crippen MR) is 285 cm³/mol. The fraction of sp³-hybridized carbons (Fsp3) is 0. The molecule has 0 aliphatic rings. The third kappa shape index (κ3) is 4.70. The summed E-state index contributed by atoms with van der Waals surface area (Å²) in [6.07, 6.45) is 0. The average molecular weight is 867 g/mol. The highest BCUT2D eigenvalue weighted by Crippen LogP contribution is 2.49. The fourth-order valence-electron chi connectivity index (χ4n) is 11.9. The summed E-state index contributed by atoms with van der Waals surface area (Å²) in [7, 11) is 0. The van der Waals surface area contributed by atoms with Gasteiger partial charge in [-0.05, 0) is 102 Å². The summed E-state index contributed by atoms with van der Waals surface area (Å²) >= 11 is 1.84. The van der Waals surface area contributed by atoms with E-state index in [0.29, 0.717) is 5.95 Å². The van der Waals surface area contributed by atoms with E-state index in [1.54, 1.807) is 0 Å². The van der Waals surface area contributed by atoms with E-state index in [4.69, 9.17) is 9.97 Å². The lowest BCUT2D eigenvalue weighted by Gasteiger charge is -2.17. The maximum Gasteiger partial charge on any atom is 0.235 e. The molecule has 0 radical (unpaired) electrons.